The fourth-order valence-electron chi connectivity index (χ4n) is 2.26. The van der Waals surface area contributed by atoms with E-state index in [4.69, 9.17) is 0 Å². The molecule has 96 valence electrons. The molecule has 0 bridgehead atoms. The van der Waals surface area contributed by atoms with E-state index in [2.05, 4.69) is 4.98 Å². The molecule has 0 radical (unpaired) electrons. The first-order chi connectivity index (χ1) is 8.50. The van der Waals surface area contributed by atoms with E-state index in [-0.39, 0.29) is 18.0 Å². The molecule has 0 atom stereocenters. The van der Waals surface area contributed by atoms with Gasteiger partial charge >= 0.3 is 0 Å². The zero-order valence-corrected chi connectivity index (χ0v) is 11.3. The molecule has 18 heavy (non-hydrogen) atoms. The minimum Gasteiger partial charge on any atom is -0.334 e. The van der Waals surface area contributed by atoms with Crippen LogP contribution in [0.2, 0.25) is 0 Å². The Bertz CT molecular complexity index is 549. The first-order valence-electron chi connectivity index (χ1n) is 6.26. The van der Waals surface area contributed by atoms with Gasteiger partial charge in [-0.25, -0.2) is 4.98 Å². The largest absolute Gasteiger partial charge is 0.334 e. The van der Waals surface area contributed by atoms with Gasteiger partial charge in [0, 0.05) is 30.7 Å². The third-order valence-corrected chi connectivity index (χ3v) is 2.98. The standard InChI is InChI=1S/C14H19N3O/c1-10(2)17(11(3)4)14(18)12-5-6-13-15-7-8-16(13)9-12/h5-11H,1-4H3. The van der Waals surface area contributed by atoms with Gasteiger partial charge in [0.15, 0.2) is 0 Å². The van der Waals surface area contributed by atoms with Crippen molar-refractivity contribution in [2.45, 2.75) is 39.8 Å². The summed E-state index contributed by atoms with van der Waals surface area (Å²) in [5.74, 6) is 0.0654. The van der Waals surface area contributed by atoms with Crippen molar-refractivity contribution in [1.82, 2.24) is 14.3 Å². The predicted molar refractivity (Wildman–Crippen MR) is 71.6 cm³/mol. The molecule has 0 aliphatic carbocycles. The first-order valence-corrected chi connectivity index (χ1v) is 6.26. The lowest BCUT2D eigenvalue weighted by Gasteiger charge is -2.30. The second kappa shape index (κ2) is 4.80. The van der Waals surface area contributed by atoms with Crippen molar-refractivity contribution in [2.75, 3.05) is 0 Å². The van der Waals surface area contributed by atoms with Crippen LogP contribution in [0.3, 0.4) is 0 Å². The van der Waals surface area contributed by atoms with Crippen molar-refractivity contribution in [3.05, 3.63) is 36.3 Å². The second-order valence-electron chi connectivity index (χ2n) is 5.01. The van der Waals surface area contributed by atoms with Crippen molar-refractivity contribution in [2.24, 2.45) is 0 Å². The molecule has 4 nitrogen and oxygen atoms in total. The molecule has 2 rings (SSSR count). The Labute approximate surface area is 107 Å². The quantitative estimate of drug-likeness (QED) is 0.833. The number of fused-ring (bicyclic) bond motifs is 1. The molecule has 0 spiro atoms. The van der Waals surface area contributed by atoms with Gasteiger partial charge in [0.1, 0.15) is 5.65 Å². The molecule has 1 amide bonds. The average Bonchev–Trinajstić information content (AvgIpc) is 2.74. The van der Waals surface area contributed by atoms with Crippen molar-refractivity contribution in [3.63, 3.8) is 0 Å². The zero-order valence-electron chi connectivity index (χ0n) is 11.3. The number of amides is 1. The zero-order chi connectivity index (χ0) is 13.3. The van der Waals surface area contributed by atoms with Gasteiger partial charge in [-0.2, -0.15) is 0 Å². The lowest BCUT2D eigenvalue weighted by atomic mass is 10.1. The number of aromatic nitrogens is 2. The monoisotopic (exact) mass is 245 g/mol. The van der Waals surface area contributed by atoms with Crippen LogP contribution < -0.4 is 0 Å². The van der Waals surface area contributed by atoms with E-state index < -0.39 is 0 Å². The van der Waals surface area contributed by atoms with Gasteiger partial charge in [-0.15, -0.1) is 0 Å². The third-order valence-electron chi connectivity index (χ3n) is 2.98. The van der Waals surface area contributed by atoms with E-state index in [9.17, 15) is 4.79 Å². The highest BCUT2D eigenvalue weighted by atomic mass is 16.2. The molecule has 0 aliphatic rings. The summed E-state index contributed by atoms with van der Waals surface area (Å²) in [6.45, 7) is 8.14. The highest BCUT2D eigenvalue weighted by Crippen LogP contribution is 2.13. The van der Waals surface area contributed by atoms with E-state index >= 15 is 0 Å². The summed E-state index contributed by atoms with van der Waals surface area (Å²) in [6.07, 6.45) is 5.41. The van der Waals surface area contributed by atoms with Crippen LogP contribution in [0, 0.1) is 0 Å². The van der Waals surface area contributed by atoms with Gasteiger partial charge in [-0.1, -0.05) is 0 Å². The molecule has 0 aliphatic heterocycles. The van der Waals surface area contributed by atoms with Crippen LogP contribution in [0.15, 0.2) is 30.7 Å². The molecule has 0 N–H and O–H groups in total. The van der Waals surface area contributed by atoms with Gasteiger partial charge < -0.3 is 9.30 Å². The van der Waals surface area contributed by atoms with Crippen molar-refractivity contribution in [3.8, 4) is 0 Å². The second-order valence-corrected chi connectivity index (χ2v) is 5.01. The number of rotatable bonds is 3. The Morgan fingerprint density at radius 1 is 1.22 bits per heavy atom. The molecular formula is C14H19N3O. The fraction of sp³-hybridized carbons (Fsp3) is 0.429. The van der Waals surface area contributed by atoms with Crippen LogP contribution in [0.4, 0.5) is 0 Å². The number of hydrogen-bond acceptors (Lipinski definition) is 2. The Kier molecular flexibility index (Phi) is 3.36. The Morgan fingerprint density at radius 3 is 2.50 bits per heavy atom. The van der Waals surface area contributed by atoms with Crippen LogP contribution in [-0.2, 0) is 0 Å². The lowest BCUT2D eigenvalue weighted by Crippen LogP contribution is -2.42. The van der Waals surface area contributed by atoms with E-state index in [0.717, 1.165) is 5.65 Å². The average molecular weight is 245 g/mol. The first kappa shape index (κ1) is 12.6. The number of imidazole rings is 1. The molecule has 4 heteroatoms. The summed E-state index contributed by atoms with van der Waals surface area (Å²) in [5, 5.41) is 0. The smallest absolute Gasteiger partial charge is 0.255 e. The topological polar surface area (TPSA) is 37.6 Å². The van der Waals surface area contributed by atoms with E-state index in [1.807, 2.05) is 61.5 Å². The minimum atomic E-state index is 0.0654. The third kappa shape index (κ3) is 2.23. The van der Waals surface area contributed by atoms with Crippen LogP contribution in [0.5, 0.6) is 0 Å². The van der Waals surface area contributed by atoms with Gasteiger partial charge in [-0.05, 0) is 39.8 Å². The molecule has 0 fully saturated rings. The lowest BCUT2D eigenvalue weighted by molar-refractivity contribution is 0.0643. The SMILES string of the molecule is CC(C)N(C(=O)c1ccc2nccn2c1)C(C)C. The number of pyridine rings is 1. The Balaban J connectivity index is 2.37. The fourth-order valence-corrected chi connectivity index (χ4v) is 2.26. The minimum absolute atomic E-state index is 0.0654. The number of hydrogen-bond donors (Lipinski definition) is 0. The molecule has 0 aromatic carbocycles. The summed E-state index contributed by atoms with van der Waals surface area (Å²) in [4.78, 5) is 18.5. The number of nitrogens with zero attached hydrogens (tertiary/aromatic N) is 3. The summed E-state index contributed by atoms with van der Waals surface area (Å²) < 4.78 is 1.87. The molecular weight excluding hydrogens is 226 g/mol. The van der Waals surface area contributed by atoms with Gasteiger partial charge in [0.25, 0.3) is 5.91 Å². The van der Waals surface area contributed by atoms with Gasteiger partial charge in [0.05, 0.1) is 5.56 Å². The van der Waals surface area contributed by atoms with Gasteiger partial charge in [-0.3, -0.25) is 4.79 Å². The molecule has 0 saturated carbocycles. The van der Waals surface area contributed by atoms with Crippen LogP contribution in [0.25, 0.3) is 5.65 Å². The summed E-state index contributed by atoms with van der Waals surface area (Å²) in [6, 6.07) is 4.08. The van der Waals surface area contributed by atoms with Crippen LogP contribution in [0.1, 0.15) is 38.1 Å². The van der Waals surface area contributed by atoms with Crippen LogP contribution in [-0.4, -0.2) is 32.3 Å². The maximum atomic E-state index is 12.5. The maximum absolute atomic E-state index is 12.5. The van der Waals surface area contributed by atoms with Crippen molar-refractivity contribution >= 4 is 11.6 Å². The maximum Gasteiger partial charge on any atom is 0.255 e. The van der Waals surface area contributed by atoms with Crippen molar-refractivity contribution < 1.29 is 4.79 Å². The molecule has 0 saturated heterocycles. The molecule has 2 aromatic rings. The number of carbonyl (C=O) groups excluding carboxylic acids is 1. The van der Waals surface area contributed by atoms with Crippen LogP contribution >= 0.6 is 0 Å². The Hall–Kier alpha value is -1.84. The highest BCUT2D eigenvalue weighted by molar-refractivity contribution is 5.94. The molecule has 0 unspecified atom stereocenters. The predicted octanol–water partition coefficient (Wildman–Crippen LogP) is 2.59. The molecule has 2 aromatic heterocycles. The van der Waals surface area contributed by atoms with Crippen molar-refractivity contribution in [1.29, 1.82) is 0 Å². The highest BCUT2D eigenvalue weighted by Gasteiger charge is 2.21. The summed E-state index contributed by atoms with van der Waals surface area (Å²) in [5.41, 5.74) is 1.55. The van der Waals surface area contributed by atoms with Gasteiger partial charge in [0.2, 0.25) is 0 Å². The Morgan fingerprint density at radius 2 is 1.89 bits per heavy atom. The van der Waals surface area contributed by atoms with E-state index in [1.54, 1.807) is 6.20 Å². The van der Waals surface area contributed by atoms with E-state index in [0.29, 0.717) is 5.56 Å². The summed E-state index contributed by atoms with van der Waals surface area (Å²) in [7, 11) is 0. The number of carbonyl (C=O) groups is 1. The summed E-state index contributed by atoms with van der Waals surface area (Å²) >= 11 is 0. The molecule has 2 heterocycles. The van der Waals surface area contributed by atoms with E-state index in [1.165, 1.54) is 0 Å². The normalized spacial score (nSPS) is 11.4.